The summed E-state index contributed by atoms with van der Waals surface area (Å²) in [6.07, 6.45) is 1.32. The maximum atomic E-state index is 13.2. The highest BCUT2D eigenvalue weighted by molar-refractivity contribution is 7.10. The van der Waals surface area contributed by atoms with Crippen molar-refractivity contribution in [1.82, 2.24) is 10.2 Å². The summed E-state index contributed by atoms with van der Waals surface area (Å²) >= 11 is 1.67. The van der Waals surface area contributed by atoms with Crippen molar-refractivity contribution in [3.63, 3.8) is 0 Å². The fraction of sp³-hybridized carbons (Fsp3) is 0.400. The monoisotopic (exact) mass is 356 g/mol. The second-order valence-electron chi connectivity index (χ2n) is 6.66. The van der Waals surface area contributed by atoms with Crippen molar-refractivity contribution in [2.45, 2.75) is 38.6 Å². The zero-order valence-electron chi connectivity index (χ0n) is 14.7. The molecule has 1 aliphatic heterocycles. The first-order valence-electron chi connectivity index (χ1n) is 8.65. The lowest BCUT2D eigenvalue weighted by atomic mass is 9.72. The van der Waals surface area contributed by atoms with Crippen molar-refractivity contribution >= 4 is 23.2 Å². The van der Waals surface area contributed by atoms with Crippen molar-refractivity contribution in [3.05, 3.63) is 57.8 Å². The predicted octanol–water partition coefficient (Wildman–Crippen LogP) is 3.25. The number of nitrogens with one attached hydrogen (secondary N) is 1. The van der Waals surface area contributed by atoms with Crippen LogP contribution in [-0.4, -0.2) is 29.8 Å². The Morgan fingerprint density at radius 1 is 1.16 bits per heavy atom. The molecule has 1 N–H and O–H groups in total. The van der Waals surface area contributed by atoms with Gasteiger partial charge in [-0.25, -0.2) is 0 Å². The normalized spacial score (nSPS) is 16.5. The van der Waals surface area contributed by atoms with Crippen LogP contribution in [0.5, 0.6) is 0 Å². The number of benzene rings is 1. The van der Waals surface area contributed by atoms with Gasteiger partial charge < -0.3 is 10.2 Å². The topological polar surface area (TPSA) is 49.4 Å². The summed E-state index contributed by atoms with van der Waals surface area (Å²) in [4.78, 5) is 27.9. The van der Waals surface area contributed by atoms with E-state index in [1.54, 1.807) is 18.3 Å². The van der Waals surface area contributed by atoms with Crippen LogP contribution in [0.1, 0.15) is 35.8 Å². The Morgan fingerprint density at radius 3 is 2.40 bits per heavy atom. The summed E-state index contributed by atoms with van der Waals surface area (Å²) < 4.78 is 0. The Labute approximate surface area is 152 Å². The number of rotatable bonds is 4. The van der Waals surface area contributed by atoms with Gasteiger partial charge in [0.25, 0.3) is 0 Å². The number of carbonyl (C=O) groups excluding carboxylic acids is 2. The van der Waals surface area contributed by atoms with Crippen molar-refractivity contribution < 1.29 is 9.59 Å². The maximum absolute atomic E-state index is 13.2. The highest BCUT2D eigenvalue weighted by atomic mass is 32.1. The maximum Gasteiger partial charge on any atom is 0.231 e. The molecule has 3 rings (SSSR count). The largest absolute Gasteiger partial charge is 0.350 e. The van der Waals surface area contributed by atoms with Crippen LogP contribution < -0.4 is 5.32 Å². The minimum Gasteiger partial charge on any atom is -0.350 e. The van der Waals surface area contributed by atoms with Gasteiger partial charge in [0.05, 0.1) is 12.0 Å². The first kappa shape index (κ1) is 17.7. The first-order valence-corrected chi connectivity index (χ1v) is 9.53. The zero-order valence-corrected chi connectivity index (χ0v) is 15.6. The van der Waals surface area contributed by atoms with Crippen LogP contribution in [0.4, 0.5) is 0 Å². The highest BCUT2D eigenvalue weighted by Crippen LogP contribution is 2.36. The molecular formula is C20H24N2O2S. The standard InChI is InChI=1S/C20H24N2O2S/c1-15-8-13-25-18(15)14-21-19(24)20(17-6-4-3-5-7-17)9-11-22(12-10-20)16(2)23/h3-8,13H,9-12,14H2,1-2H3,(H,21,24). The molecule has 1 fully saturated rings. The lowest BCUT2D eigenvalue weighted by molar-refractivity contribution is -0.135. The van der Waals surface area contributed by atoms with E-state index in [0.717, 1.165) is 5.56 Å². The molecule has 2 aromatic rings. The molecule has 0 aliphatic carbocycles. The Bertz CT molecular complexity index is 746. The molecule has 4 nitrogen and oxygen atoms in total. The second kappa shape index (κ2) is 7.40. The van der Waals surface area contributed by atoms with E-state index in [9.17, 15) is 9.59 Å². The number of hydrogen-bond acceptors (Lipinski definition) is 3. The number of aryl methyl sites for hydroxylation is 1. The third-order valence-electron chi connectivity index (χ3n) is 5.20. The average molecular weight is 356 g/mol. The van der Waals surface area contributed by atoms with E-state index < -0.39 is 5.41 Å². The van der Waals surface area contributed by atoms with Gasteiger partial charge in [0, 0.05) is 24.9 Å². The number of amides is 2. The molecule has 0 saturated carbocycles. The van der Waals surface area contributed by atoms with Crippen LogP contribution in [-0.2, 0) is 21.5 Å². The summed E-state index contributed by atoms with van der Waals surface area (Å²) in [5.74, 6) is 0.144. The molecule has 0 radical (unpaired) electrons. The lowest BCUT2D eigenvalue weighted by Crippen LogP contribution is -2.52. The second-order valence-corrected chi connectivity index (χ2v) is 7.66. The molecular weight excluding hydrogens is 332 g/mol. The zero-order chi connectivity index (χ0) is 17.9. The van der Waals surface area contributed by atoms with E-state index in [-0.39, 0.29) is 11.8 Å². The van der Waals surface area contributed by atoms with Crippen molar-refractivity contribution in [1.29, 1.82) is 0 Å². The molecule has 2 heterocycles. The molecule has 2 amide bonds. The Kier molecular flexibility index (Phi) is 5.23. The molecule has 132 valence electrons. The smallest absolute Gasteiger partial charge is 0.231 e. The van der Waals surface area contributed by atoms with E-state index >= 15 is 0 Å². The van der Waals surface area contributed by atoms with Gasteiger partial charge in [0.2, 0.25) is 11.8 Å². The molecule has 1 aromatic carbocycles. The van der Waals surface area contributed by atoms with Crippen LogP contribution in [0, 0.1) is 6.92 Å². The number of piperidine rings is 1. The Balaban J connectivity index is 1.81. The highest BCUT2D eigenvalue weighted by Gasteiger charge is 2.43. The molecule has 0 spiro atoms. The lowest BCUT2D eigenvalue weighted by Gasteiger charge is -2.40. The van der Waals surface area contributed by atoms with Crippen molar-refractivity contribution in [3.8, 4) is 0 Å². The van der Waals surface area contributed by atoms with Gasteiger partial charge in [-0.2, -0.15) is 0 Å². The summed E-state index contributed by atoms with van der Waals surface area (Å²) in [6.45, 7) is 5.46. The van der Waals surface area contributed by atoms with E-state index in [1.165, 1.54) is 10.4 Å². The van der Waals surface area contributed by atoms with E-state index in [1.807, 2.05) is 35.2 Å². The number of carbonyl (C=O) groups is 2. The van der Waals surface area contributed by atoms with Gasteiger partial charge in [-0.15, -0.1) is 11.3 Å². The van der Waals surface area contributed by atoms with Crippen LogP contribution >= 0.6 is 11.3 Å². The molecule has 5 heteroatoms. The number of nitrogens with zero attached hydrogens (tertiary/aromatic N) is 1. The molecule has 0 atom stereocenters. The van der Waals surface area contributed by atoms with E-state index in [0.29, 0.717) is 32.5 Å². The Hall–Kier alpha value is -2.14. The molecule has 25 heavy (non-hydrogen) atoms. The van der Waals surface area contributed by atoms with Gasteiger partial charge >= 0.3 is 0 Å². The van der Waals surface area contributed by atoms with E-state index in [2.05, 4.69) is 23.7 Å². The number of likely N-dealkylation sites (tertiary alicyclic amines) is 1. The molecule has 1 aliphatic rings. The Morgan fingerprint density at radius 2 is 1.84 bits per heavy atom. The third kappa shape index (κ3) is 3.61. The van der Waals surface area contributed by atoms with Crippen molar-refractivity contribution in [2.75, 3.05) is 13.1 Å². The van der Waals surface area contributed by atoms with Gasteiger partial charge in [-0.1, -0.05) is 30.3 Å². The van der Waals surface area contributed by atoms with Gasteiger partial charge in [-0.3, -0.25) is 9.59 Å². The minimum atomic E-state index is -0.557. The van der Waals surface area contributed by atoms with Gasteiger partial charge in [0.15, 0.2) is 0 Å². The summed E-state index contributed by atoms with van der Waals surface area (Å²) in [7, 11) is 0. The summed E-state index contributed by atoms with van der Waals surface area (Å²) in [5, 5.41) is 5.20. The van der Waals surface area contributed by atoms with Crippen LogP contribution in [0.15, 0.2) is 41.8 Å². The van der Waals surface area contributed by atoms with E-state index in [4.69, 9.17) is 0 Å². The minimum absolute atomic E-state index is 0.0645. The average Bonchev–Trinajstić information content (AvgIpc) is 3.05. The van der Waals surface area contributed by atoms with Crippen LogP contribution in [0.3, 0.4) is 0 Å². The first-order chi connectivity index (χ1) is 12.0. The molecule has 0 unspecified atom stereocenters. The fourth-order valence-electron chi connectivity index (χ4n) is 3.52. The van der Waals surface area contributed by atoms with Crippen LogP contribution in [0.25, 0.3) is 0 Å². The fourth-order valence-corrected chi connectivity index (χ4v) is 4.37. The quantitative estimate of drug-likeness (QED) is 0.914. The number of thiophene rings is 1. The summed E-state index contributed by atoms with van der Waals surface area (Å²) in [6, 6.07) is 12.0. The van der Waals surface area contributed by atoms with Crippen LogP contribution in [0.2, 0.25) is 0 Å². The van der Waals surface area contributed by atoms with Crippen molar-refractivity contribution in [2.24, 2.45) is 0 Å². The van der Waals surface area contributed by atoms with Gasteiger partial charge in [0.1, 0.15) is 0 Å². The van der Waals surface area contributed by atoms with Gasteiger partial charge in [-0.05, 0) is 42.3 Å². The molecule has 1 aromatic heterocycles. The molecule has 1 saturated heterocycles. The SMILES string of the molecule is CC(=O)N1CCC(C(=O)NCc2sccc2C)(c2ccccc2)CC1. The summed E-state index contributed by atoms with van der Waals surface area (Å²) in [5.41, 5.74) is 1.70. The predicted molar refractivity (Wildman–Crippen MR) is 101 cm³/mol. The molecule has 0 bridgehead atoms. The number of hydrogen-bond donors (Lipinski definition) is 1. The third-order valence-corrected chi connectivity index (χ3v) is 6.22.